The predicted octanol–water partition coefficient (Wildman–Crippen LogP) is 2.39. The van der Waals surface area contributed by atoms with Crippen LogP contribution in [0.3, 0.4) is 0 Å². The zero-order chi connectivity index (χ0) is 28.9. The number of likely N-dealkylation sites (tertiary alicyclic amines) is 1. The van der Waals surface area contributed by atoms with Crippen LogP contribution < -0.4 is 16.1 Å². The van der Waals surface area contributed by atoms with E-state index in [-0.39, 0.29) is 36.0 Å². The number of carbonyl (C=O) groups is 2. The number of fused-ring (bicyclic) bond motifs is 1. The molecule has 41 heavy (non-hydrogen) atoms. The average Bonchev–Trinajstić information content (AvgIpc) is 3.75. The van der Waals surface area contributed by atoms with Crippen molar-refractivity contribution in [3.8, 4) is 0 Å². The number of pyridine rings is 1. The lowest BCUT2D eigenvalue weighted by molar-refractivity contribution is -0.127. The molecule has 0 atom stereocenters. The number of nitrogens with zero attached hydrogens (tertiary/aromatic N) is 6. The van der Waals surface area contributed by atoms with Gasteiger partial charge < -0.3 is 14.1 Å². The molecule has 2 aliphatic heterocycles. The zero-order valence-corrected chi connectivity index (χ0v) is 23.4. The van der Waals surface area contributed by atoms with Crippen LogP contribution in [0.15, 0.2) is 55.9 Å². The smallest absolute Gasteiger partial charge is 0.332 e. The molecular formula is C29H34N6O6. The SMILES string of the molecule is CCCn1c(=O)c2c(n(CCCOC)c1=O)N=C(c1ccc(N(CCN3CCCC3=O)C(=O)c3ccoc3)nc1)C2. The maximum Gasteiger partial charge on any atom is 0.332 e. The maximum atomic E-state index is 13.3. The first-order valence-corrected chi connectivity index (χ1v) is 13.9. The van der Waals surface area contributed by atoms with E-state index in [1.165, 1.54) is 22.0 Å². The van der Waals surface area contributed by atoms with Gasteiger partial charge in [-0.15, -0.1) is 0 Å². The fraction of sp³-hybridized carbons (Fsp3) is 0.448. The summed E-state index contributed by atoms with van der Waals surface area (Å²) in [4.78, 5) is 64.4. The molecule has 0 bridgehead atoms. The molecular weight excluding hydrogens is 528 g/mol. The van der Waals surface area contributed by atoms with Gasteiger partial charge in [0.2, 0.25) is 5.91 Å². The summed E-state index contributed by atoms with van der Waals surface area (Å²) in [6, 6.07) is 5.12. The molecule has 2 amide bonds. The number of aliphatic imine (C=N–C) groups is 1. The number of furan rings is 1. The minimum absolute atomic E-state index is 0.0847. The Bertz CT molecular complexity index is 1550. The van der Waals surface area contributed by atoms with Crippen LogP contribution in [0.2, 0.25) is 0 Å². The topological polar surface area (TPSA) is 132 Å². The number of rotatable bonds is 12. The highest BCUT2D eigenvalue weighted by molar-refractivity contribution is 6.07. The number of ether oxygens (including phenoxy) is 1. The van der Waals surface area contributed by atoms with E-state index in [2.05, 4.69) is 4.98 Å². The second kappa shape index (κ2) is 12.5. The van der Waals surface area contributed by atoms with Crippen LogP contribution in [0.1, 0.15) is 54.1 Å². The largest absolute Gasteiger partial charge is 0.472 e. The van der Waals surface area contributed by atoms with E-state index in [1.807, 2.05) is 13.0 Å². The van der Waals surface area contributed by atoms with Crippen LogP contribution in [-0.2, 0) is 29.0 Å². The van der Waals surface area contributed by atoms with Gasteiger partial charge in [0.15, 0.2) is 0 Å². The Balaban J connectivity index is 1.42. The van der Waals surface area contributed by atoms with Crippen molar-refractivity contribution in [2.75, 3.05) is 38.3 Å². The minimum Gasteiger partial charge on any atom is -0.472 e. The normalized spacial score (nSPS) is 14.4. The lowest BCUT2D eigenvalue weighted by Gasteiger charge is -2.24. The average molecular weight is 563 g/mol. The van der Waals surface area contributed by atoms with Crippen LogP contribution >= 0.6 is 0 Å². The van der Waals surface area contributed by atoms with Crippen molar-refractivity contribution in [1.82, 2.24) is 19.0 Å². The third-order valence-corrected chi connectivity index (χ3v) is 7.39. The van der Waals surface area contributed by atoms with Gasteiger partial charge >= 0.3 is 5.69 Å². The highest BCUT2D eigenvalue weighted by atomic mass is 16.5. The number of aromatic nitrogens is 3. The van der Waals surface area contributed by atoms with E-state index in [9.17, 15) is 19.2 Å². The third kappa shape index (κ3) is 5.78. The number of anilines is 1. The summed E-state index contributed by atoms with van der Waals surface area (Å²) < 4.78 is 13.1. The Kier molecular flexibility index (Phi) is 8.58. The molecule has 0 unspecified atom stereocenters. The number of hydrogen-bond acceptors (Lipinski definition) is 8. The number of carbonyl (C=O) groups excluding carboxylic acids is 2. The second-order valence-corrected chi connectivity index (χ2v) is 10.1. The van der Waals surface area contributed by atoms with Gasteiger partial charge in [-0.3, -0.25) is 28.4 Å². The molecule has 216 valence electrons. The van der Waals surface area contributed by atoms with Crippen molar-refractivity contribution in [1.29, 1.82) is 0 Å². The Morgan fingerprint density at radius 3 is 2.63 bits per heavy atom. The van der Waals surface area contributed by atoms with Gasteiger partial charge in [0, 0.05) is 71.0 Å². The molecule has 1 fully saturated rings. The first kappa shape index (κ1) is 28.2. The maximum absolute atomic E-state index is 13.3. The molecule has 0 N–H and O–H groups in total. The van der Waals surface area contributed by atoms with Gasteiger partial charge in [-0.2, -0.15) is 0 Å². The van der Waals surface area contributed by atoms with E-state index in [4.69, 9.17) is 14.1 Å². The summed E-state index contributed by atoms with van der Waals surface area (Å²) in [5.41, 5.74) is 1.51. The lowest BCUT2D eigenvalue weighted by atomic mass is 10.1. The standard InChI is InChI=1S/C29H34N6O6/c1-3-10-35-28(38)22-17-23(31-26(22)34(29(35)39)12-5-15-40-2)20-7-8-24(30-18-20)33(27(37)21-9-16-41-19-21)14-13-32-11-4-6-25(32)36/h7-9,16,18-19H,3-6,10-15,17H2,1-2H3. The van der Waals surface area contributed by atoms with Crippen LogP contribution in [0.4, 0.5) is 11.6 Å². The Morgan fingerprint density at radius 2 is 1.98 bits per heavy atom. The summed E-state index contributed by atoms with van der Waals surface area (Å²) in [7, 11) is 1.61. The van der Waals surface area contributed by atoms with Crippen molar-refractivity contribution in [3.63, 3.8) is 0 Å². The molecule has 0 saturated carbocycles. The molecule has 3 aromatic heterocycles. The summed E-state index contributed by atoms with van der Waals surface area (Å²) in [5.74, 6) is 0.605. The van der Waals surface area contributed by atoms with Crippen molar-refractivity contribution in [3.05, 3.63) is 74.5 Å². The molecule has 12 heteroatoms. The summed E-state index contributed by atoms with van der Waals surface area (Å²) in [5, 5.41) is 0. The van der Waals surface area contributed by atoms with E-state index in [1.54, 1.807) is 34.9 Å². The highest BCUT2D eigenvalue weighted by Gasteiger charge is 2.27. The van der Waals surface area contributed by atoms with Gasteiger partial charge in [-0.05, 0) is 37.5 Å². The molecule has 12 nitrogen and oxygen atoms in total. The second-order valence-electron chi connectivity index (χ2n) is 10.1. The van der Waals surface area contributed by atoms with Crippen molar-refractivity contribution in [2.24, 2.45) is 4.99 Å². The van der Waals surface area contributed by atoms with Crippen LogP contribution in [0.25, 0.3) is 0 Å². The molecule has 2 aliphatic rings. The monoisotopic (exact) mass is 562 g/mol. The zero-order valence-electron chi connectivity index (χ0n) is 23.4. The molecule has 3 aromatic rings. The van der Waals surface area contributed by atoms with Crippen LogP contribution in [0.5, 0.6) is 0 Å². The van der Waals surface area contributed by atoms with Crippen LogP contribution in [-0.4, -0.2) is 69.9 Å². The lowest BCUT2D eigenvalue weighted by Crippen LogP contribution is -2.41. The molecule has 5 heterocycles. The van der Waals surface area contributed by atoms with Gasteiger partial charge in [0.1, 0.15) is 17.9 Å². The first-order valence-electron chi connectivity index (χ1n) is 13.9. The van der Waals surface area contributed by atoms with Gasteiger partial charge in [-0.25, -0.2) is 14.8 Å². The van der Waals surface area contributed by atoms with E-state index < -0.39 is 0 Å². The van der Waals surface area contributed by atoms with Crippen molar-refractivity contribution in [2.45, 2.75) is 52.1 Å². The summed E-state index contributed by atoms with van der Waals surface area (Å²) >= 11 is 0. The van der Waals surface area contributed by atoms with Crippen molar-refractivity contribution >= 4 is 29.2 Å². The fourth-order valence-corrected chi connectivity index (χ4v) is 5.26. The molecule has 0 aromatic carbocycles. The van der Waals surface area contributed by atoms with E-state index in [0.717, 1.165) is 6.42 Å². The molecule has 0 spiro atoms. The number of methoxy groups -OCH3 is 1. The Labute approximate surface area is 236 Å². The minimum atomic E-state index is -0.366. The predicted molar refractivity (Wildman–Crippen MR) is 152 cm³/mol. The number of amides is 2. The molecule has 1 saturated heterocycles. The Hall–Kier alpha value is -4.32. The van der Waals surface area contributed by atoms with Gasteiger partial charge in [-0.1, -0.05) is 6.92 Å². The first-order chi connectivity index (χ1) is 19.9. The van der Waals surface area contributed by atoms with Crippen LogP contribution in [0, 0.1) is 0 Å². The quantitative estimate of drug-likeness (QED) is 0.310. The fourth-order valence-electron chi connectivity index (χ4n) is 5.26. The summed E-state index contributed by atoms with van der Waals surface area (Å²) in [6.07, 6.45) is 7.32. The van der Waals surface area contributed by atoms with E-state index in [0.29, 0.717) is 86.1 Å². The van der Waals surface area contributed by atoms with Gasteiger partial charge in [0.05, 0.1) is 23.1 Å². The Morgan fingerprint density at radius 1 is 1.12 bits per heavy atom. The molecule has 0 aliphatic carbocycles. The highest BCUT2D eigenvalue weighted by Crippen LogP contribution is 2.26. The summed E-state index contributed by atoms with van der Waals surface area (Å²) in [6.45, 7) is 4.48. The molecule has 5 rings (SSSR count). The van der Waals surface area contributed by atoms with Gasteiger partial charge in [0.25, 0.3) is 11.5 Å². The molecule has 0 radical (unpaired) electrons. The van der Waals surface area contributed by atoms with Crippen molar-refractivity contribution < 1.29 is 18.7 Å². The third-order valence-electron chi connectivity index (χ3n) is 7.39. The number of hydrogen-bond donors (Lipinski definition) is 0. The van der Waals surface area contributed by atoms with E-state index >= 15 is 0 Å².